The van der Waals surface area contributed by atoms with Crippen molar-refractivity contribution in [3.63, 3.8) is 0 Å². The number of hydrogen-bond donors (Lipinski definition) is 0. The van der Waals surface area contributed by atoms with Gasteiger partial charge in [-0.1, -0.05) is 12.1 Å². The number of benzene rings is 2. The molecule has 164 valence electrons. The first-order chi connectivity index (χ1) is 14.7. The molecule has 7 nitrogen and oxygen atoms in total. The first-order valence-electron chi connectivity index (χ1n) is 9.84. The maximum Gasteiger partial charge on any atom is 0.321 e. The van der Waals surface area contributed by atoms with Gasteiger partial charge in [-0.25, -0.2) is 0 Å². The molecule has 0 aliphatic carbocycles. The van der Waals surface area contributed by atoms with Gasteiger partial charge < -0.3 is 23.5 Å². The molecule has 1 aromatic heterocycles. The van der Waals surface area contributed by atoms with E-state index in [0.29, 0.717) is 33.4 Å². The number of carbonyl (C=O) groups is 1. The summed E-state index contributed by atoms with van der Waals surface area (Å²) in [4.78, 5) is 25.5. The normalized spacial score (nSPS) is 19.7. The number of alkyl halides is 1. The van der Waals surface area contributed by atoms with Crippen LogP contribution in [0.3, 0.4) is 0 Å². The maximum absolute atomic E-state index is 13.5. The molecular formula is C23H24ClNO6. The minimum atomic E-state index is -0.913. The van der Waals surface area contributed by atoms with Crippen LogP contribution < -0.4 is 14.9 Å². The number of rotatable bonds is 4. The van der Waals surface area contributed by atoms with Gasteiger partial charge in [0.1, 0.15) is 29.1 Å². The molecule has 0 unspecified atom stereocenters. The Morgan fingerprint density at radius 1 is 1.26 bits per heavy atom. The van der Waals surface area contributed by atoms with Crippen molar-refractivity contribution < 1.29 is 23.7 Å². The Hall–Kier alpha value is -2.77. The van der Waals surface area contributed by atoms with Crippen molar-refractivity contribution in [3.05, 3.63) is 46.1 Å². The predicted octanol–water partition coefficient (Wildman–Crippen LogP) is 3.71. The van der Waals surface area contributed by atoms with E-state index in [2.05, 4.69) is 0 Å². The largest absolute Gasteiger partial charge is 0.496 e. The van der Waals surface area contributed by atoms with E-state index in [1.165, 1.54) is 14.2 Å². The van der Waals surface area contributed by atoms with Gasteiger partial charge in [0.15, 0.2) is 6.10 Å². The highest BCUT2D eigenvalue weighted by Gasteiger charge is 2.48. The van der Waals surface area contributed by atoms with Gasteiger partial charge in [0, 0.05) is 25.6 Å². The van der Waals surface area contributed by atoms with Crippen molar-refractivity contribution in [2.45, 2.75) is 31.7 Å². The summed E-state index contributed by atoms with van der Waals surface area (Å²) < 4.78 is 25.3. The SMILES string of the molecule is COc1cc2c(c3c1c(=O)c1ccccc1n3C)[C@@H](OC)[C@@H](OC(=O)CCl)C(C)(C)O2. The smallest absolute Gasteiger partial charge is 0.321 e. The van der Waals surface area contributed by atoms with E-state index < -0.39 is 23.8 Å². The minimum absolute atomic E-state index is 0.155. The van der Waals surface area contributed by atoms with E-state index in [-0.39, 0.29) is 11.3 Å². The highest BCUT2D eigenvalue weighted by atomic mass is 35.5. The molecule has 0 bridgehead atoms. The molecule has 2 atom stereocenters. The molecule has 2 heterocycles. The lowest BCUT2D eigenvalue weighted by Crippen LogP contribution is -2.52. The van der Waals surface area contributed by atoms with Crippen molar-refractivity contribution in [1.82, 2.24) is 4.57 Å². The number of fused-ring (bicyclic) bond motifs is 4. The lowest BCUT2D eigenvalue weighted by atomic mass is 9.86. The van der Waals surface area contributed by atoms with E-state index in [4.69, 9.17) is 30.5 Å². The van der Waals surface area contributed by atoms with Crippen LogP contribution in [-0.2, 0) is 21.3 Å². The average molecular weight is 446 g/mol. The molecule has 8 heteroatoms. The average Bonchev–Trinajstić information content (AvgIpc) is 2.76. The zero-order valence-electron chi connectivity index (χ0n) is 18.0. The molecule has 4 rings (SSSR count). The Kier molecular flexibility index (Phi) is 5.35. The van der Waals surface area contributed by atoms with Gasteiger partial charge >= 0.3 is 5.97 Å². The molecule has 0 fully saturated rings. The molecule has 0 amide bonds. The summed E-state index contributed by atoms with van der Waals surface area (Å²) in [6, 6.07) is 9.06. The number of nitrogens with zero attached hydrogens (tertiary/aromatic N) is 1. The summed E-state index contributed by atoms with van der Waals surface area (Å²) in [6.07, 6.45) is -1.47. The molecule has 2 aromatic carbocycles. The van der Waals surface area contributed by atoms with E-state index in [0.717, 1.165) is 5.52 Å². The topological polar surface area (TPSA) is 76.0 Å². The Morgan fingerprint density at radius 2 is 1.97 bits per heavy atom. The Bertz CT molecular complexity index is 1250. The summed E-state index contributed by atoms with van der Waals surface area (Å²) in [5, 5.41) is 0.988. The lowest BCUT2D eigenvalue weighted by molar-refractivity contribution is -0.178. The van der Waals surface area contributed by atoms with Crippen LogP contribution in [-0.4, -0.2) is 42.3 Å². The Morgan fingerprint density at radius 3 is 2.61 bits per heavy atom. The Labute approximate surface area is 184 Å². The zero-order valence-corrected chi connectivity index (χ0v) is 18.8. The standard InChI is InChI=1S/C23H24ClNO6/c1-23(2)22(30-16(26)11-24)21(29-5)18-15(31-23)10-14(28-4)17-19(18)25(3)13-9-7-6-8-12(13)20(17)27/h6-10,21-22H,11H2,1-5H3/t21-,22-/m1/s1. The summed E-state index contributed by atoms with van der Waals surface area (Å²) in [5.74, 6) is 0.0418. The van der Waals surface area contributed by atoms with E-state index in [1.807, 2.05) is 43.7 Å². The summed E-state index contributed by atoms with van der Waals surface area (Å²) >= 11 is 5.68. The first-order valence-corrected chi connectivity index (χ1v) is 10.4. The fourth-order valence-corrected chi connectivity index (χ4v) is 4.48. The molecule has 0 saturated heterocycles. The second-order valence-electron chi connectivity index (χ2n) is 8.03. The highest BCUT2D eigenvalue weighted by Crippen LogP contribution is 2.48. The van der Waals surface area contributed by atoms with E-state index in [9.17, 15) is 9.59 Å². The van der Waals surface area contributed by atoms with Crippen LogP contribution >= 0.6 is 11.6 Å². The number of aromatic nitrogens is 1. The van der Waals surface area contributed by atoms with Crippen molar-refractivity contribution in [1.29, 1.82) is 0 Å². The number of esters is 1. The number of ether oxygens (including phenoxy) is 4. The van der Waals surface area contributed by atoms with Gasteiger partial charge in [0.2, 0.25) is 5.43 Å². The van der Waals surface area contributed by atoms with Crippen LogP contribution in [0.15, 0.2) is 35.1 Å². The number of methoxy groups -OCH3 is 2. The van der Waals surface area contributed by atoms with E-state index in [1.54, 1.807) is 12.1 Å². The van der Waals surface area contributed by atoms with E-state index >= 15 is 0 Å². The summed E-state index contributed by atoms with van der Waals surface area (Å²) in [5.41, 5.74) is 0.911. The number of halogens is 1. The van der Waals surface area contributed by atoms with Crippen LogP contribution in [0.2, 0.25) is 0 Å². The summed E-state index contributed by atoms with van der Waals surface area (Å²) in [7, 11) is 4.92. The van der Waals surface area contributed by atoms with Gasteiger partial charge in [0.25, 0.3) is 0 Å². The number of carbonyl (C=O) groups excluding carboxylic acids is 1. The monoisotopic (exact) mass is 445 g/mol. The molecule has 1 aliphatic rings. The third kappa shape index (κ3) is 3.23. The molecule has 1 aliphatic heterocycles. The minimum Gasteiger partial charge on any atom is -0.496 e. The predicted molar refractivity (Wildman–Crippen MR) is 118 cm³/mol. The van der Waals surface area contributed by atoms with Crippen LogP contribution in [0.1, 0.15) is 25.5 Å². The molecule has 0 spiro atoms. The van der Waals surface area contributed by atoms with Crippen molar-refractivity contribution >= 4 is 39.4 Å². The molecule has 31 heavy (non-hydrogen) atoms. The number of aryl methyl sites for hydroxylation is 1. The third-order valence-corrected chi connectivity index (χ3v) is 6.02. The van der Waals surface area contributed by atoms with Crippen LogP contribution in [0, 0.1) is 0 Å². The molecule has 0 radical (unpaired) electrons. The second kappa shape index (κ2) is 7.73. The molecule has 0 N–H and O–H groups in total. The molecule has 3 aromatic rings. The second-order valence-corrected chi connectivity index (χ2v) is 8.29. The van der Waals surface area contributed by atoms with Crippen molar-refractivity contribution in [2.24, 2.45) is 7.05 Å². The van der Waals surface area contributed by atoms with Gasteiger partial charge in [-0.05, 0) is 26.0 Å². The van der Waals surface area contributed by atoms with Gasteiger partial charge in [-0.15, -0.1) is 11.6 Å². The lowest BCUT2D eigenvalue weighted by Gasteiger charge is -2.43. The van der Waals surface area contributed by atoms with Crippen molar-refractivity contribution in [3.8, 4) is 11.5 Å². The van der Waals surface area contributed by atoms with Crippen molar-refractivity contribution in [2.75, 3.05) is 20.1 Å². The molecule has 0 saturated carbocycles. The van der Waals surface area contributed by atoms with Crippen LogP contribution in [0.4, 0.5) is 0 Å². The third-order valence-electron chi connectivity index (χ3n) is 5.80. The number of hydrogen-bond acceptors (Lipinski definition) is 6. The first kappa shape index (κ1) is 21.5. The van der Waals surface area contributed by atoms with Gasteiger partial charge in [-0.3, -0.25) is 9.59 Å². The van der Waals surface area contributed by atoms with Crippen LogP contribution in [0.5, 0.6) is 11.5 Å². The fraction of sp³-hybridized carbons (Fsp3) is 0.391. The fourth-order valence-electron chi connectivity index (χ4n) is 4.41. The van der Waals surface area contributed by atoms with Gasteiger partial charge in [-0.2, -0.15) is 0 Å². The van der Waals surface area contributed by atoms with Crippen LogP contribution in [0.25, 0.3) is 21.8 Å². The highest BCUT2D eigenvalue weighted by molar-refractivity contribution is 6.26. The maximum atomic E-state index is 13.5. The van der Waals surface area contributed by atoms with Gasteiger partial charge in [0.05, 0.1) is 29.1 Å². The molecular weight excluding hydrogens is 422 g/mol. The quantitative estimate of drug-likeness (QED) is 0.346. The Balaban J connectivity index is 2.13. The number of para-hydroxylation sites is 1. The summed E-state index contributed by atoms with van der Waals surface area (Å²) in [6.45, 7) is 3.62. The number of pyridine rings is 1. The zero-order chi connectivity index (χ0) is 22.5.